The van der Waals surface area contributed by atoms with Crippen molar-refractivity contribution in [1.82, 2.24) is 24.6 Å². The van der Waals surface area contributed by atoms with Gasteiger partial charge >= 0.3 is 5.69 Å². The van der Waals surface area contributed by atoms with Gasteiger partial charge in [0.05, 0.1) is 18.8 Å². The molecule has 11 nitrogen and oxygen atoms in total. The fourth-order valence-corrected chi connectivity index (χ4v) is 3.31. The Labute approximate surface area is 151 Å². The van der Waals surface area contributed by atoms with Crippen molar-refractivity contribution in [2.45, 2.75) is 23.9 Å². The minimum absolute atomic E-state index is 0.0187. The van der Waals surface area contributed by atoms with Gasteiger partial charge in [-0.3, -0.25) is 9.98 Å². The maximum Gasteiger partial charge on any atom is 0.326 e. The largest absolute Gasteiger partial charge is 0.493 e. The summed E-state index contributed by atoms with van der Waals surface area (Å²) in [5.74, 6) is -0.372. The summed E-state index contributed by atoms with van der Waals surface area (Å²) in [6.07, 6.45) is 5.46. The van der Waals surface area contributed by atoms with E-state index in [2.05, 4.69) is 29.9 Å². The van der Waals surface area contributed by atoms with E-state index in [1.807, 2.05) is 0 Å². The van der Waals surface area contributed by atoms with E-state index in [9.17, 15) is 18.3 Å². The molecule has 0 atom stereocenters. The summed E-state index contributed by atoms with van der Waals surface area (Å²) in [4.78, 5) is 27.8. The first-order valence-electron chi connectivity index (χ1n) is 7.84. The summed E-state index contributed by atoms with van der Waals surface area (Å²) in [5.41, 5.74) is -0.412. The number of aromatic nitrogens is 5. The Hall–Kier alpha value is -3.46. The van der Waals surface area contributed by atoms with Gasteiger partial charge in [0.2, 0.25) is 5.88 Å². The topological polar surface area (TPSA) is 150 Å². The van der Waals surface area contributed by atoms with Crippen LogP contribution in [0.2, 0.25) is 0 Å². The Kier molecular flexibility index (Phi) is 3.63. The SMILES string of the molecule is [C-]#[N+]c1c(S(C)(=O)=O)nc2/c(=C\c3[nH]c(=O)[nH]c3O)cnn2c1=NC1CC1. The third-order valence-corrected chi connectivity index (χ3v) is 4.93. The summed E-state index contributed by atoms with van der Waals surface area (Å²) < 4.78 is 25.7. The monoisotopic (exact) mass is 387 g/mol. The number of aromatic hydroxyl groups is 1. The summed E-state index contributed by atoms with van der Waals surface area (Å²) in [6, 6.07) is 0.0187. The highest BCUT2D eigenvalue weighted by Crippen LogP contribution is 2.24. The van der Waals surface area contributed by atoms with Gasteiger partial charge in [-0.1, -0.05) is 0 Å². The van der Waals surface area contributed by atoms with Gasteiger partial charge in [0.1, 0.15) is 5.69 Å². The van der Waals surface area contributed by atoms with Crippen molar-refractivity contribution >= 4 is 27.2 Å². The number of nitrogens with one attached hydrogen (secondary N) is 2. The average Bonchev–Trinajstić information content (AvgIpc) is 3.23. The molecular formula is C15H13N7O4S. The molecule has 0 unspecified atom stereocenters. The minimum Gasteiger partial charge on any atom is -0.493 e. The Bertz CT molecular complexity index is 1400. The second-order valence-corrected chi connectivity index (χ2v) is 8.09. The molecule has 3 N–H and O–H groups in total. The van der Waals surface area contributed by atoms with Crippen LogP contribution in [-0.4, -0.2) is 50.4 Å². The highest BCUT2D eigenvalue weighted by atomic mass is 32.2. The third kappa shape index (κ3) is 2.97. The molecule has 3 heterocycles. The number of sulfone groups is 1. The van der Waals surface area contributed by atoms with E-state index in [4.69, 9.17) is 6.57 Å². The van der Waals surface area contributed by atoms with Crippen LogP contribution in [-0.2, 0) is 9.84 Å². The van der Waals surface area contributed by atoms with Crippen LogP contribution in [0.15, 0.2) is 21.0 Å². The zero-order chi connectivity index (χ0) is 19.3. The van der Waals surface area contributed by atoms with E-state index in [1.54, 1.807) is 0 Å². The Morgan fingerprint density at radius 1 is 1.44 bits per heavy atom. The molecule has 0 aliphatic heterocycles. The standard InChI is InChI=1S/C15H13N7O4S/c1-16-10-12(18-8-3-4-8)22-11(20-14(10)27(2,25)26)7(6-17-22)5-9-13(23)21-15(24)19-9/h5-6,8,23H,3-4H2,2H3,(H2,19,21,24)/b7-5-,18-12?. The molecule has 0 aromatic carbocycles. The molecule has 0 saturated heterocycles. The average molecular weight is 387 g/mol. The molecule has 4 rings (SSSR count). The number of imidazole rings is 1. The number of fused-ring (bicyclic) bond motifs is 1. The second-order valence-electron chi connectivity index (χ2n) is 6.15. The fourth-order valence-electron chi connectivity index (χ4n) is 2.56. The normalized spacial score (nSPS) is 16.1. The molecule has 1 fully saturated rings. The van der Waals surface area contributed by atoms with Gasteiger partial charge in [-0.15, -0.1) is 0 Å². The molecule has 1 saturated carbocycles. The van der Waals surface area contributed by atoms with E-state index in [1.165, 1.54) is 16.8 Å². The maximum atomic E-state index is 12.2. The van der Waals surface area contributed by atoms with Crippen molar-refractivity contribution in [2.24, 2.45) is 4.99 Å². The van der Waals surface area contributed by atoms with Crippen LogP contribution >= 0.6 is 0 Å². The van der Waals surface area contributed by atoms with Gasteiger partial charge in [0, 0.05) is 11.5 Å². The molecule has 0 spiro atoms. The predicted molar refractivity (Wildman–Crippen MR) is 92.8 cm³/mol. The first kappa shape index (κ1) is 17.0. The van der Waals surface area contributed by atoms with Crippen molar-refractivity contribution in [2.75, 3.05) is 6.26 Å². The lowest BCUT2D eigenvalue weighted by Gasteiger charge is -2.04. The van der Waals surface area contributed by atoms with Crippen molar-refractivity contribution in [3.63, 3.8) is 0 Å². The first-order valence-corrected chi connectivity index (χ1v) is 9.73. The summed E-state index contributed by atoms with van der Waals surface area (Å²) in [6.45, 7) is 7.40. The quantitative estimate of drug-likeness (QED) is 0.388. The molecule has 27 heavy (non-hydrogen) atoms. The van der Waals surface area contributed by atoms with E-state index >= 15 is 0 Å². The number of hydrogen-bond donors (Lipinski definition) is 3. The molecule has 0 bridgehead atoms. The van der Waals surface area contributed by atoms with Crippen LogP contribution in [0.4, 0.5) is 5.69 Å². The lowest BCUT2D eigenvalue weighted by Crippen LogP contribution is -2.22. The van der Waals surface area contributed by atoms with Crippen LogP contribution in [0.25, 0.3) is 16.6 Å². The van der Waals surface area contributed by atoms with Crippen molar-refractivity contribution < 1.29 is 13.5 Å². The highest BCUT2D eigenvalue weighted by molar-refractivity contribution is 7.90. The third-order valence-electron chi connectivity index (χ3n) is 3.94. The van der Waals surface area contributed by atoms with E-state index in [-0.39, 0.29) is 39.5 Å². The Morgan fingerprint density at radius 3 is 2.74 bits per heavy atom. The lowest BCUT2D eigenvalue weighted by atomic mass is 10.3. The Balaban J connectivity index is 2.13. The van der Waals surface area contributed by atoms with Gasteiger partial charge in [0.25, 0.3) is 5.69 Å². The molecule has 138 valence electrons. The number of H-pyrrole nitrogens is 2. The molecule has 0 radical (unpaired) electrons. The Morgan fingerprint density at radius 2 is 2.19 bits per heavy atom. The molecular weight excluding hydrogens is 374 g/mol. The summed E-state index contributed by atoms with van der Waals surface area (Å²) >= 11 is 0. The van der Waals surface area contributed by atoms with Crippen LogP contribution in [0.5, 0.6) is 5.88 Å². The predicted octanol–water partition coefficient (Wildman–Crippen LogP) is -0.984. The number of nitrogens with zero attached hydrogens (tertiary/aromatic N) is 5. The molecule has 12 heteroatoms. The molecule has 1 aliphatic carbocycles. The van der Waals surface area contributed by atoms with E-state index in [0.29, 0.717) is 5.22 Å². The van der Waals surface area contributed by atoms with Crippen LogP contribution < -0.4 is 16.4 Å². The number of hydrogen-bond acceptors (Lipinski definition) is 7. The van der Waals surface area contributed by atoms with Crippen molar-refractivity contribution in [3.8, 4) is 5.88 Å². The first-order chi connectivity index (χ1) is 12.8. The van der Waals surface area contributed by atoms with Crippen molar-refractivity contribution in [3.05, 3.63) is 44.5 Å². The molecule has 1 aliphatic rings. The zero-order valence-corrected chi connectivity index (χ0v) is 14.8. The molecule has 3 aromatic heterocycles. The lowest BCUT2D eigenvalue weighted by molar-refractivity contribution is 0.454. The van der Waals surface area contributed by atoms with Crippen molar-refractivity contribution in [1.29, 1.82) is 0 Å². The van der Waals surface area contributed by atoms with Crippen LogP contribution in [0, 0.1) is 6.57 Å². The van der Waals surface area contributed by atoms with E-state index in [0.717, 1.165) is 19.1 Å². The van der Waals surface area contributed by atoms with Gasteiger partial charge < -0.3 is 10.1 Å². The van der Waals surface area contributed by atoms with Gasteiger partial charge in [-0.25, -0.2) is 27.6 Å². The van der Waals surface area contributed by atoms with E-state index < -0.39 is 15.5 Å². The second kappa shape index (κ2) is 5.78. The van der Waals surface area contributed by atoms with Gasteiger partial charge in [0.15, 0.2) is 26.0 Å². The van der Waals surface area contributed by atoms with Crippen LogP contribution in [0.1, 0.15) is 18.5 Å². The highest BCUT2D eigenvalue weighted by Gasteiger charge is 2.25. The summed E-state index contributed by atoms with van der Waals surface area (Å²) in [7, 11) is -3.80. The summed E-state index contributed by atoms with van der Waals surface area (Å²) in [5, 5.41) is 13.9. The molecule has 0 amide bonds. The maximum absolute atomic E-state index is 12.2. The zero-order valence-electron chi connectivity index (χ0n) is 14.0. The van der Waals surface area contributed by atoms with Gasteiger partial charge in [-0.05, 0) is 18.9 Å². The fraction of sp³-hybridized carbons (Fsp3) is 0.267. The molecule has 3 aromatic rings. The minimum atomic E-state index is -3.80. The smallest absolute Gasteiger partial charge is 0.326 e. The van der Waals surface area contributed by atoms with Gasteiger partial charge in [-0.2, -0.15) is 5.10 Å². The van der Waals surface area contributed by atoms with Crippen LogP contribution in [0.3, 0.4) is 0 Å². The number of aromatic amines is 2. The number of rotatable bonds is 3.